The zero-order valence-electron chi connectivity index (χ0n) is 14.3. The molecule has 0 bridgehead atoms. The maximum Gasteiger partial charge on any atom is 0.408 e. The Bertz CT molecular complexity index is 618. The highest BCUT2D eigenvalue weighted by molar-refractivity contribution is 5.89. The first-order valence-electron chi connectivity index (χ1n) is 7.89. The number of carbonyl (C=O) groups excluding carboxylic acids is 2. The zero-order valence-corrected chi connectivity index (χ0v) is 14.3. The fourth-order valence-electron chi connectivity index (χ4n) is 2.71. The second-order valence-electron chi connectivity index (χ2n) is 6.98. The molecule has 1 saturated heterocycles. The number of nitrogens with one attached hydrogen (secondary N) is 1. The molecule has 1 aliphatic rings. The molecule has 0 atom stereocenters. The quantitative estimate of drug-likeness (QED) is 0.757. The van der Waals surface area contributed by atoms with E-state index in [0.717, 1.165) is 0 Å². The predicted molar refractivity (Wildman–Crippen MR) is 91.4 cm³/mol. The van der Waals surface area contributed by atoms with Gasteiger partial charge in [0.2, 0.25) is 5.91 Å². The summed E-state index contributed by atoms with van der Waals surface area (Å²) in [5, 5.41) is 2.66. The average molecular weight is 335 g/mol. The minimum Gasteiger partial charge on any atom is -0.444 e. The van der Waals surface area contributed by atoms with Crippen LogP contribution in [-0.4, -0.2) is 41.2 Å². The molecule has 8 nitrogen and oxygen atoms in total. The monoisotopic (exact) mass is 335 g/mol. The fraction of sp³-hybridized carbons (Fsp3) is 0.562. The molecule has 24 heavy (non-hydrogen) atoms. The summed E-state index contributed by atoms with van der Waals surface area (Å²) in [5.41, 5.74) is 10.3. The number of rotatable bonds is 3. The highest BCUT2D eigenvalue weighted by Crippen LogP contribution is 2.28. The van der Waals surface area contributed by atoms with Crippen molar-refractivity contribution in [3.63, 3.8) is 0 Å². The molecule has 0 radical (unpaired) electrons. The van der Waals surface area contributed by atoms with Gasteiger partial charge in [-0.2, -0.15) is 0 Å². The second-order valence-corrected chi connectivity index (χ2v) is 6.98. The summed E-state index contributed by atoms with van der Waals surface area (Å²) in [6.07, 6.45) is 1.74. The molecule has 5 N–H and O–H groups in total. The molecule has 8 heteroatoms. The van der Waals surface area contributed by atoms with Gasteiger partial charge in [-0.1, -0.05) is 0 Å². The van der Waals surface area contributed by atoms with Crippen molar-refractivity contribution in [3.05, 3.63) is 18.3 Å². The van der Waals surface area contributed by atoms with Crippen LogP contribution in [0.2, 0.25) is 0 Å². The Morgan fingerprint density at radius 3 is 2.46 bits per heavy atom. The third-order valence-electron chi connectivity index (χ3n) is 3.95. The molecule has 2 heterocycles. The molecular weight excluding hydrogens is 310 g/mol. The minimum absolute atomic E-state index is 0.359. The van der Waals surface area contributed by atoms with Gasteiger partial charge in [-0.3, -0.25) is 4.79 Å². The molecular formula is C16H25N5O3. The van der Waals surface area contributed by atoms with Crippen molar-refractivity contribution < 1.29 is 14.3 Å². The fourth-order valence-corrected chi connectivity index (χ4v) is 2.71. The van der Waals surface area contributed by atoms with E-state index in [4.69, 9.17) is 16.2 Å². The number of pyridine rings is 1. The Hall–Kier alpha value is -2.51. The van der Waals surface area contributed by atoms with Crippen molar-refractivity contribution in [1.29, 1.82) is 0 Å². The van der Waals surface area contributed by atoms with Crippen molar-refractivity contribution in [1.82, 2.24) is 10.3 Å². The number of primary amides is 1. The van der Waals surface area contributed by atoms with Crippen molar-refractivity contribution in [2.45, 2.75) is 44.8 Å². The van der Waals surface area contributed by atoms with E-state index in [1.807, 2.05) is 4.90 Å². The largest absolute Gasteiger partial charge is 0.444 e. The Labute approximate surface area is 141 Å². The van der Waals surface area contributed by atoms with Gasteiger partial charge < -0.3 is 26.4 Å². The summed E-state index contributed by atoms with van der Waals surface area (Å²) >= 11 is 0. The van der Waals surface area contributed by atoms with Gasteiger partial charge in [-0.05, 0) is 45.7 Å². The van der Waals surface area contributed by atoms with Gasteiger partial charge >= 0.3 is 6.09 Å². The number of aromatic nitrogens is 1. The second kappa shape index (κ2) is 6.54. The van der Waals surface area contributed by atoms with Crippen LogP contribution >= 0.6 is 0 Å². The lowest BCUT2D eigenvalue weighted by atomic mass is 9.86. The van der Waals surface area contributed by atoms with Crippen molar-refractivity contribution >= 4 is 23.5 Å². The van der Waals surface area contributed by atoms with Crippen molar-refractivity contribution in [3.8, 4) is 0 Å². The maximum absolute atomic E-state index is 12.1. The van der Waals surface area contributed by atoms with Gasteiger partial charge in [-0.25, -0.2) is 9.78 Å². The lowest BCUT2D eigenvalue weighted by molar-refractivity contribution is -0.125. The molecule has 1 aromatic rings. The molecule has 2 rings (SSSR count). The van der Waals surface area contributed by atoms with Crippen molar-refractivity contribution in [2.24, 2.45) is 5.73 Å². The van der Waals surface area contributed by atoms with Crippen LogP contribution < -0.4 is 21.7 Å². The SMILES string of the molecule is CC(C)(C)OC(=O)NC1(C(N)=O)CCN(c2ncccc2N)CC1. The zero-order chi connectivity index (χ0) is 18.0. The summed E-state index contributed by atoms with van der Waals surface area (Å²) < 4.78 is 5.24. The number of nitrogens with zero attached hydrogens (tertiary/aromatic N) is 2. The number of hydrogen-bond donors (Lipinski definition) is 3. The molecule has 0 spiro atoms. The summed E-state index contributed by atoms with van der Waals surface area (Å²) in [5.74, 6) is 0.106. The number of amides is 2. The first-order chi connectivity index (χ1) is 11.1. The van der Waals surface area contributed by atoms with Crippen molar-refractivity contribution in [2.75, 3.05) is 23.7 Å². The van der Waals surface area contributed by atoms with Crippen LogP contribution in [0.3, 0.4) is 0 Å². The maximum atomic E-state index is 12.1. The first-order valence-corrected chi connectivity index (χ1v) is 7.89. The Morgan fingerprint density at radius 1 is 1.33 bits per heavy atom. The van der Waals surface area contributed by atoms with Crippen LogP contribution in [0.5, 0.6) is 0 Å². The van der Waals surface area contributed by atoms with E-state index < -0.39 is 23.1 Å². The third kappa shape index (κ3) is 4.06. The number of nitrogens with two attached hydrogens (primary N) is 2. The van der Waals surface area contributed by atoms with E-state index in [0.29, 0.717) is 37.4 Å². The van der Waals surface area contributed by atoms with Gasteiger partial charge in [-0.15, -0.1) is 0 Å². The van der Waals surface area contributed by atoms with Gasteiger partial charge in [0, 0.05) is 19.3 Å². The summed E-state index contributed by atoms with van der Waals surface area (Å²) in [4.78, 5) is 30.3. The average Bonchev–Trinajstić information content (AvgIpc) is 2.46. The van der Waals surface area contributed by atoms with E-state index in [2.05, 4.69) is 10.3 Å². The summed E-state index contributed by atoms with van der Waals surface area (Å²) in [6, 6.07) is 3.54. The minimum atomic E-state index is -1.12. The van der Waals surface area contributed by atoms with Gasteiger partial charge in [0.1, 0.15) is 11.1 Å². The number of piperidine rings is 1. The Kier molecular flexibility index (Phi) is 4.86. The van der Waals surface area contributed by atoms with E-state index in [-0.39, 0.29) is 0 Å². The molecule has 1 aliphatic heterocycles. The summed E-state index contributed by atoms with van der Waals surface area (Å²) in [7, 11) is 0. The van der Waals surface area contributed by atoms with E-state index in [1.165, 1.54) is 0 Å². The Balaban J connectivity index is 2.08. The lowest BCUT2D eigenvalue weighted by Crippen LogP contribution is -2.63. The van der Waals surface area contributed by atoms with E-state index >= 15 is 0 Å². The predicted octanol–water partition coefficient (Wildman–Crippen LogP) is 1.01. The molecule has 1 aromatic heterocycles. The standard InChI is InChI=1S/C16H25N5O3/c1-15(2,3)24-14(23)20-16(13(18)22)6-9-21(10-7-16)12-11(17)5-4-8-19-12/h4-5,8H,6-7,9-10,17H2,1-3H3,(H2,18,22)(H,20,23). The number of carbonyl (C=O) groups is 2. The number of hydrogen-bond acceptors (Lipinski definition) is 6. The lowest BCUT2D eigenvalue weighted by Gasteiger charge is -2.40. The van der Waals surface area contributed by atoms with E-state index in [1.54, 1.807) is 39.1 Å². The van der Waals surface area contributed by atoms with Crippen LogP contribution in [0.15, 0.2) is 18.3 Å². The van der Waals surface area contributed by atoms with Gasteiger partial charge in [0.05, 0.1) is 5.69 Å². The number of anilines is 2. The number of alkyl carbamates (subject to hydrolysis) is 1. The molecule has 132 valence electrons. The number of ether oxygens (including phenoxy) is 1. The third-order valence-corrected chi connectivity index (χ3v) is 3.95. The normalized spacial score (nSPS) is 17.2. The van der Waals surface area contributed by atoms with Crippen LogP contribution in [0.25, 0.3) is 0 Å². The first kappa shape index (κ1) is 17.8. The van der Waals surface area contributed by atoms with Crippen LogP contribution in [-0.2, 0) is 9.53 Å². The highest BCUT2D eigenvalue weighted by atomic mass is 16.6. The molecule has 0 aliphatic carbocycles. The molecule has 2 amide bonds. The topological polar surface area (TPSA) is 124 Å². The smallest absolute Gasteiger partial charge is 0.408 e. The Morgan fingerprint density at radius 2 is 1.96 bits per heavy atom. The highest BCUT2D eigenvalue weighted by Gasteiger charge is 2.42. The van der Waals surface area contributed by atoms with Crippen LogP contribution in [0, 0.1) is 0 Å². The molecule has 1 fully saturated rings. The van der Waals surface area contributed by atoms with E-state index in [9.17, 15) is 9.59 Å². The van der Waals surface area contributed by atoms with Gasteiger partial charge in [0.25, 0.3) is 0 Å². The summed E-state index contributed by atoms with van der Waals surface area (Å²) in [6.45, 7) is 6.28. The van der Waals surface area contributed by atoms with Crippen LogP contribution in [0.4, 0.5) is 16.3 Å². The molecule has 0 saturated carbocycles. The van der Waals surface area contributed by atoms with Crippen LogP contribution in [0.1, 0.15) is 33.6 Å². The van der Waals surface area contributed by atoms with Gasteiger partial charge in [0.15, 0.2) is 5.82 Å². The molecule has 0 unspecified atom stereocenters. The molecule has 0 aromatic carbocycles. The number of nitrogen functional groups attached to an aromatic ring is 1.